The Labute approximate surface area is 134 Å². The minimum atomic E-state index is -0.620. The molecule has 0 radical (unpaired) electrons. The standard InChI is InChI=1S/C18H18FNO3/c1-12-7-8-14(9-13(12)2)18(22)20-10-17(21)23-11-15-5-3-4-6-16(15)19/h3-9H,10-11H2,1-2H3,(H,20,22). The first-order valence-electron chi connectivity index (χ1n) is 7.22. The molecule has 4 nitrogen and oxygen atoms in total. The first kappa shape index (κ1) is 16.7. The summed E-state index contributed by atoms with van der Waals surface area (Å²) in [6, 6.07) is 11.4. The Morgan fingerprint density at radius 3 is 2.52 bits per heavy atom. The van der Waals surface area contributed by atoms with Crippen LogP contribution in [0.15, 0.2) is 42.5 Å². The van der Waals surface area contributed by atoms with Gasteiger partial charge in [-0.05, 0) is 43.2 Å². The Bertz CT molecular complexity index is 728. The highest BCUT2D eigenvalue weighted by molar-refractivity contribution is 5.96. The molecule has 2 aromatic rings. The summed E-state index contributed by atoms with van der Waals surface area (Å²) < 4.78 is 18.3. The van der Waals surface area contributed by atoms with Crippen LogP contribution in [0.25, 0.3) is 0 Å². The van der Waals surface area contributed by atoms with E-state index in [1.807, 2.05) is 19.9 Å². The second-order valence-electron chi connectivity index (χ2n) is 5.23. The molecule has 0 heterocycles. The van der Waals surface area contributed by atoms with Crippen molar-refractivity contribution in [3.63, 3.8) is 0 Å². The van der Waals surface area contributed by atoms with Gasteiger partial charge in [-0.25, -0.2) is 4.39 Å². The van der Waals surface area contributed by atoms with Crippen LogP contribution in [0.4, 0.5) is 4.39 Å². The van der Waals surface area contributed by atoms with Crippen molar-refractivity contribution in [1.82, 2.24) is 5.32 Å². The second-order valence-corrected chi connectivity index (χ2v) is 5.23. The van der Waals surface area contributed by atoms with Gasteiger partial charge in [0.2, 0.25) is 0 Å². The summed E-state index contributed by atoms with van der Waals surface area (Å²) in [5.41, 5.74) is 2.86. The Morgan fingerprint density at radius 1 is 1.09 bits per heavy atom. The molecule has 0 fully saturated rings. The van der Waals surface area contributed by atoms with Gasteiger partial charge in [0, 0.05) is 11.1 Å². The van der Waals surface area contributed by atoms with Gasteiger partial charge >= 0.3 is 5.97 Å². The predicted molar refractivity (Wildman–Crippen MR) is 84.4 cm³/mol. The summed E-state index contributed by atoms with van der Waals surface area (Å²) in [7, 11) is 0. The van der Waals surface area contributed by atoms with E-state index in [0.717, 1.165) is 11.1 Å². The number of nitrogens with one attached hydrogen (secondary N) is 1. The maximum Gasteiger partial charge on any atom is 0.325 e. The molecule has 120 valence electrons. The zero-order valence-corrected chi connectivity index (χ0v) is 13.1. The topological polar surface area (TPSA) is 55.4 Å². The molecule has 1 N–H and O–H groups in total. The van der Waals surface area contributed by atoms with Gasteiger partial charge in [-0.1, -0.05) is 24.3 Å². The normalized spacial score (nSPS) is 10.2. The monoisotopic (exact) mass is 315 g/mol. The van der Waals surface area contributed by atoms with Crippen molar-refractivity contribution >= 4 is 11.9 Å². The maximum atomic E-state index is 13.4. The number of hydrogen-bond donors (Lipinski definition) is 1. The molecule has 0 atom stereocenters. The van der Waals surface area contributed by atoms with Gasteiger partial charge in [-0.15, -0.1) is 0 Å². The number of carbonyl (C=O) groups is 2. The second kappa shape index (κ2) is 7.54. The lowest BCUT2D eigenvalue weighted by atomic mass is 10.1. The van der Waals surface area contributed by atoms with E-state index in [0.29, 0.717) is 11.1 Å². The largest absolute Gasteiger partial charge is 0.459 e. The van der Waals surface area contributed by atoms with Crippen molar-refractivity contribution in [3.8, 4) is 0 Å². The van der Waals surface area contributed by atoms with Gasteiger partial charge in [0.05, 0.1) is 0 Å². The van der Waals surface area contributed by atoms with Gasteiger partial charge in [0.15, 0.2) is 0 Å². The van der Waals surface area contributed by atoms with Gasteiger partial charge in [-0.2, -0.15) is 0 Å². The fraction of sp³-hybridized carbons (Fsp3) is 0.222. The smallest absolute Gasteiger partial charge is 0.325 e. The Hall–Kier alpha value is -2.69. The summed E-state index contributed by atoms with van der Waals surface area (Å²) in [5, 5.41) is 2.49. The van der Waals surface area contributed by atoms with Crippen LogP contribution < -0.4 is 5.32 Å². The first-order chi connectivity index (χ1) is 11.0. The van der Waals surface area contributed by atoms with E-state index < -0.39 is 11.8 Å². The molecule has 0 saturated heterocycles. The molecule has 0 aliphatic rings. The number of hydrogen-bond acceptors (Lipinski definition) is 3. The highest BCUT2D eigenvalue weighted by Gasteiger charge is 2.10. The molecule has 0 spiro atoms. The molecule has 1 amide bonds. The lowest BCUT2D eigenvalue weighted by Gasteiger charge is -2.08. The van der Waals surface area contributed by atoms with E-state index in [2.05, 4.69) is 5.32 Å². The SMILES string of the molecule is Cc1ccc(C(=O)NCC(=O)OCc2ccccc2F)cc1C. The highest BCUT2D eigenvalue weighted by Crippen LogP contribution is 2.10. The fourth-order valence-electron chi connectivity index (χ4n) is 1.96. The average molecular weight is 315 g/mol. The van der Waals surface area contributed by atoms with E-state index in [1.165, 1.54) is 12.1 Å². The summed E-state index contributed by atoms with van der Waals surface area (Å²) in [6.45, 7) is 3.44. The van der Waals surface area contributed by atoms with E-state index >= 15 is 0 Å². The van der Waals surface area contributed by atoms with Crippen molar-refractivity contribution in [2.24, 2.45) is 0 Å². The van der Waals surface area contributed by atoms with Crippen LogP contribution in [0.1, 0.15) is 27.0 Å². The average Bonchev–Trinajstić information content (AvgIpc) is 2.54. The maximum absolute atomic E-state index is 13.4. The van der Waals surface area contributed by atoms with Gasteiger partial charge < -0.3 is 10.1 Å². The third-order valence-electron chi connectivity index (χ3n) is 3.51. The summed E-state index contributed by atoms with van der Waals surface area (Å²) >= 11 is 0. The quantitative estimate of drug-likeness (QED) is 0.863. The molecule has 0 saturated carbocycles. The van der Waals surface area contributed by atoms with Crippen molar-refractivity contribution in [3.05, 3.63) is 70.5 Å². The van der Waals surface area contributed by atoms with E-state index in [4.69, 9.17) is 4.74 Å². The third kappa shape index (κ3) is 4.64. The zero-order chi connectivity index (χ0) is 16.8. The molecule has 2 rings (SSSR count). The first-order valence-corrected chi connectivity index (χ1v) is 7.22. The minimum absolute atomic E-state index is 0.162. The number of rotatable bonds is 5. The number of amides is 1. The number of benzene rings is 2. The molecule has 0 bridgehead atoms. The lowest BCUT2D eigenvalue weighted by Crippen LogP contribution is -2.30. The molecule has 0 aromatic heterocycles. The van der Waals surface area contributed by atoms with E-state index in [9.17, 15) is 14.0 Å². The molecule has 0 aliphatic heterocycles. The molecule has 23 heavy (non-hydrogen) atoms. The highest BCUT2D eigenvalue weighted by atomic mass is 19.1. The van der Waals surface area contributed by atoms with Crippen LogP contribution in [0, 0.1) is 19.7 Å². The molecule has 5 heteroatoms. The zero-order valence-electron chi connectivity index (χ0n) is 13.1. The van der Waals surface area contributed by atoms with Crippen LogP contribution in [-0.2, 0) is 16.1 Å². The molecular formula is C18H18FNO3. The Morgan fingerprint density at radius 2 is 1.83 bits per heavy atom. The molecular weight excluding hydrogens is 297 g/mol. The fourth-order valence-corrected chi connectivity index (χ4v) is 1.96. The minimum Gasteiger partial charge on any atom is -0.459 e. The van der Waals surface area contributed by atoms with Gasteiger partial charge in [0.1, 0.15) is 19.0 Å². The molecule has 0 unspecified atom stereocenters. The van der Waals surface area contributed by atoms with Crippen molar-refractivity contribution in [1.29, 1.82) is 0 Å². The Kier molecular flexibility index (Phi) is 5.46. The third-order valence-corrected chi connectivity index (χ3v) is 3.51. The van der Waals surface area contributed by atoms with Crippen LogP contribution in [-0.4, -0.2) is 18.4 Å². The van der Waals surface area contributed by atoms with Crippen LogP contribution >= 0.6 is 0 Å². The van der Waals surface area contributed by atoms with Crippen LogP contribution in [0.2, 0.25) is 0 Å². The number of aryl methyl sites for hydroxylation is 2. The summed E-state index contributed by atoms with van der Waals surface area (Å²) in [5.74, 6) is -1.40. The van der Waals surface area contributed by atoms with Crippen molar-refractivity contribution in [2.75, 3.05) is 6.54 Å². The predicted octanol–water partition coefficient (Wildman–Crippen LogP) is 2.92. The number of halogens is 1. The molecule has 2 aromatic carbocycles. The van der Waals surface area contributed by atoms with Gasteiger partial charge in [0.25, 0.3) is 5.91 Å². The number of carbonyl (C=O) groups excluding carboxylic acids is 2. The lowest BCUT2D eigenvalue weighted by molar-refractivity contribution is -0.143. The van der Waals surface area contributed by atoms with E-state index in [1.54, 1.807) is 24.3 Å². The molecule has 0 aliphatic carbocycles. The summed E-state index contributed by atoms with van der Waals surface area (Å²) in [4.78, 5) is 23.6. The van der Waals surface area contributed by atoms with Crippen LogP contribution in [0.3, 0.4) is 0 Å². The van der Waals surface area contributed by atoms with Crippen molar-refractivity contribution in [2.45, 2.75) is 20.5 Å². The summed E-state index contributed by atoms with van der Waals surface area (Å²) in [6.07, 6.45) is 0. The Balaban J connectivity index is 1.83. The van der Waals surface area contributed by atoms with Gasteiger partial charge in [-0.3, -0.25) is 9.59 Å². The van der Waals surface area contributed by atoms with E-state index in [-0.39, 0.29) is 19.1 Å². The number of ether oxygens (including phenoxy) is 1. The van der Waals surface area contributed by atoms with Crippen molar-refractivity contribution < 1.29 is 18.7 Å². The number of esters is 1. The van der Waals surface area contributed by atoms with Crippen LogP contribution in [0.5, 0.6) is 0 Å².